The Morgan fingerprint density at radius 2 is 1.47 bits per heavy atom. The minimum Gasteiger partial charge on any atom is -0.337 e. The molecule has 4 rings (SSSR count). The van der Waals surface area contributed by atoms with Crippen molar-refractivity contribution in [3.8, 4) is 0 Å². The van der Waals surface area contributed by atoms with E-state index < -0.39 is 0 Å². The normalized spacial score (nSPS) is 18.6. The predicted molar refractivity (Wildman–Crippen MR) is 120 cm³/mol. The van der Waals surface area contributed by atoms with Gasteiger partial charge in [-0.15, -0.1) is 0 Å². The molecule has 0 aliphatic carbocycles. The number of piperidine rings is 1. The van der Waals surface area contributed by atoms with Gasteiger partial charge in [0.15, 0.2) is 0 Å². The molecule has 0 radical (unpaired) electrons. The van der Waals surface area contributed by atoms with Crippen LogP contribution in [0.4, 0.5) is 5.69 Å². The van der Waals surface area contributed by atoms with Gasteiger partial charge in [0, 0.05) is 35.3 Å². The molecular weight excluding hydrogens is 396 g/mol. The van der Waals surface area contributed by atoms with Crippen LogP contribution in [0, 0.1) is 5.92 Å². The van der Waals surface area contributed by atoms with Crippen molar-refractivity contribution in [2.24, 2.45) is 5.92 Å². The Kier molecular flexibility index (Phi) is 6.15. The number of carbonyl (C=O) groups is 2. The van der Waals surface area contributed by atoms with Crippen LogP contribution in [0.1, 0.15) is 28.3 Å². The molecule has 152 valence electrons. The lowest BCUT2D eigenvalue weighted by molar-refractivity contribution is -0.121. The molecule has 0 saturated carbocycles. The summed E-state index contributed by atoms with van der Waals surface area (Å²) in [6, 6.07) is 26.4. The highest BCUT2D eigenvalue weighted by atomic mass is 35.5. The Labute approximate surface area is 181 Å². The molecule has 2 amide bonds. The fraction of sp³-hybridized carbons (Fsp3) is 0.200. The number of hydrogen-bond acceptors (Lipinski definition) is 2. The Bertz CT molecular complexity index is 1010. The van der Waals surface area contributed by atoms with E-state index in [9.17, 15) is 9.59 Å². The van der Waals surface area contributed by atoms with Crippen molar-refractivity contribution in [3.63, 3.8) is 0 Å². The van der Waals surface area contributed by atoms with Crippen LogP contribution in [0.3, 0.4) is 0 Å². The summed E-state index contributed by atoms with van der Waals surface area (Å²) >= 11 is 5.97. The first-order valence-corrected chi connectivity index (χ1v) is 10.4. The quantitative estimate of drug-likeness (QED) is 0.631. The van der Waals surface area contributed by atoms with Gasteiger partial charge in [0.1, 0.15) is 0 Å². The summed E-state index contributed by atoms with van der Waals surface area (Å²) < 4.78 is 0. The van der Waals surface area contributed by atoms with E-state index in [4.69, 9.17) is 11.6 Å². The van der Waals surface area contributed by atoms with Crippen molar-refractivity contribution in [3.05, 3.63) is 101 Å². The summed E-state index contributed by atoms with van der Waals surface area (Å²) in [5.74, 6) is -0.330. The first-order valence-electron chi connectivity index (χ1n) is 10.1. The molecule has 1 aliphatic rings. The van der Waals surface area contributed by atoms with Gasteiger partial charge in [0.05, 0.1) is 5.92 Å². The number of anilines is 1. The molecule has 3 aromatic rings. The minimum absolute atomic E-state index is 0.0595. The molecule has 5 heteroatoms. The van der Waals surface area contributed by atoms with Crippen molar-refractivity contribution >= 4 is 29.1 Å². The molecule has 1 saturated heterocycles. The molecule has 2 atom stereocenters. The summed E-state index contributed by atoms with van der Waals surface area (Å²) in [5, 5.41) is 3.59. The van der Waals surface area contributed by atoms with Crippen molar-refractivity contribution < 1.29 is 9.59 Å². The van der Waals surface area contributed by atoms with E-state index in [-0.39, 0.29) is 23.7 Å². The number of para-hydroxylation sites is 1. The third kappa shape index (κ3) is 4.71. The number of rotatable bonds is 4. The van der Waals surface area contributed by atoms with E-state index in [0.29, 0.717) is 30.1 Å². The summed E-state index contributed by atoms with van der Waals surface area (Å²) in [7, 11) is 0. The fourth-order valence-electron chi connectivity index (χ4n) is 3.96. The number of nitrogens with one attached hydrogen (secondary N) is 1. The maximum atomic E-state index is 13.2. The molecule has 4 nitrogen and oxygen atoms in total. The molecule has 1 fully saturated rings. The summed E-state index contributed by atoms with van der Waals surface area (Å²) in [4.78, 5) is 28.0. The van der Waals surface area contributed by atoms with Gasteiger partial charge in [0.25, 0.3) is 5.91 Å². The van der Waals surface area contributed by atoms with Crippen LogP contribution in [0.25, 0.3) is 0 Å². The monoisotopic (exact) mass is 418 g/mol. The highest BCUT2D eigenvalue weighted by molar-refractivity contribution is 6.30. The van der Waals surface area contributed by atoms with Crippen LogP contribution in [0.15, 0.2) is 84.9 Å². The molecule has 30 heavy (non-hydrogen) atoms. The average Bonchev–Trinajstić information content (AvgIpc) is 2.80. The fourth-order valence-corrected chi connectivity index (χ4v) is 4.09. The molecule has 1 heterocycles. The van der Waals surface area contributed by atoms with Crippen LogP contribution in [-0.4, -0.2) is 29.8 Å². The molecule has 0 unspecified atom stereocenters. The highest BCUT2D eigenvalue weighted by Gasteiger charge is 2.34. The van der Waals surface area contributed by atoms with E-state index in [1.165, 1.54) is 0 Å². The van der Waals surface area contributed by atoms with E-state index >= 15 is 0 Å². The first kappa shape index (κ1) is 20.2. The van der Waals surface area contributed by atoms with Gasteiger partial charge in [-0.2, -0.15) is 0 Å². The zero-order valence-electron chi connectivity index (χ0n) is 16.5. The summed E-state index contributed by atoms with van der Waals surface area (Å²) in [6.07, 6.45) is 0.701. The van der Waals surface area contributed by atoms with Crippen molar-refractivity contribution in [1.82, 2.24) is 4.90 Å². The van der Waals surface area contributed by atoms with Gasteiger partial charge in [-0.25, -0.2) is 0 Å². The van der Waals surface area contributed by atoms with Crippen LogP contribution in [0.2, 0.25) is 5.02 Å². The van der Waals surface area contributed by atoms with E-state index in [1.54, 1.807) is 29.2 Å². The number of halogens is 1. The zero-order chi connectivity index (χ0) is 20.9. The number of likely N-dealkylation sites (tertiary alicyclic amines) is 1. The standard InChI is InChI=1S/C25H23ClN2O2/c26-22-13-11-19(12-14-22)25(30)28-16-20(18-7-3-1-4-8-18)15-21(17-28)24(29)27-23-9-5-2-6-10-23/h1-14,20-21H,15-17H2,(H,27,29)/t20-,21+/m0/s1. The Morgan fingerprint density at radius 1 is 0.833 bits per heavy atom. The Balaban J connectivity index is 1.57. The molecule has 1 N–H and O–H groups in total. The van der Waals surface area contributed by atoms with E-state index in [1.807, 2.05) is 48.5 Å². The van der Waals surface area contributed by atoms with E-state index in [2.05, 4.69) is 17.4 Å². The SMILES string of the molecule is O=C(Nc1ccccc1)[C@@H]1C[C@H](c2ccccc2)CN(C(=O)c2ccc(Cl)cc2)C1. The molecule has 1 aliphatic heterocycles. The second-order valence-corrected chi connectivity index (χ2v) is 8.05. The lowest BCUT2D eigenvalue weighted by Gasteiger charge is -2.37. The van der Waals surface area contributed by atoms with Gasteiger partial charge >= 0.3 is 0 Å². The van der Waals surface area contributed by atoms with Crippen molar-refractivity contribution in [1.29, 1.82) is 0 Å². The number of carbonyl (C=O) groups excluding carboxylic acids is 2. The molecule has 0 bridgehead atoms. The maximum absolute atomic E-state index is 13.2. The Morgan fingerprint density at radius 3 is 2.13 bits per heavy atom. The average molecular weight is 419 g/mol. The third-order valence-electron chi connectivity index (χ3n) is 5.51. The number of amides is 2. The van der Waals surface area contributed by atoms with Crippen LogP contribution in [-0.2, 0) is 4.79 Å². The van der Waals surface area contributed by atoms with Crippen LogP contribution in [0.5, 0.6) is 0 Å². The minimum atomic E-state index is -0.291. The lowest BCUT2D eigenvalue weighted by atomic mass is 9.83. The summed E-state index contributed by atoms with van der Waals surface area (Å²) in [5.41, 5.74) is 2.49. The van der Waals surface area contributed by atoms with Gasteiger partial charge in [-0.05, 0) is 48.4 Å². The van der Waals surface area contributed by atoms with Gasteiger partial charge in [-0.3, -0.25) is 9.59 Å². The predicted octanol–water partition coefficient (Wildman–Crippen LogP) is 5.22. The number of nitrogens with zero attached hydrogens (tertiary/aromatic N) is 1. The largest absolute Gasteiger partial charge is 0.337 e. The third-order valence-corrected chi connectivity index (χ3v) is 5.76. The summed E-state index contributed by atoms with van der Waals surface area (Å²) in [6.45, 7) is 0.976. The van der Waals surface area contributed by atoms with Gasteiger partial charge < -0.3 is 10.2 Å². The smallest absolute Gasteiger partial charge is 0.253 e. The van der Waals surface area contributed by atoms with Crippen LogP contribution < -0.4 is 5.32 Å². The number of hydrogen-bond donors (Lipinski definition) is 1. The number of benzene rings is 3. The second-order valence-electron chi connectivity index (χ2n) is 7.61. The van der Waals surface area contributed by atoms with E-state index in [0.717, 1.165) is 11.3 Å². The topological polar surface area (TPSA) is 49.4 Å². The molecule has 0 aromatic heterocycles. The van der Waals surface area contributed by atoms with Gasteiger partial charge in [0.2, 0.25) is 5.91 Å². The van der Waals surface area contributed by atoms with Crippen molar-refractivity contribution in [2.75, 3.05) is 18.4 Å². The first-order chi connectivity index (χ1) is 14.6. The van der Waals surface area contributed by atoms with Crippen molar-refractivity contribution in [2.45, 2.75) is 12.3 Å². The highest BCUT2D eigenvalue weighted by Crippen LogP contribution is 2.32. The molecule has 3 aromatic carbocycles. The van der Waals surface area contributed by atoms with Gasteiger partial charge in [-0.1, -0.05) is 60.1 Å². The maximum Gasteiger partial charge on any atom is 0.253 e. The molecule has 0 spiro atoms. The zero-order valence-corrected chi connectivity index (χ0v) is 17.3. The lowest BCUT2D eigenvalue weighted by Crippen LogP contribution is -2.46. The Hall–Kier alpha value is -3.11. The second kappa shape index (κ2) is 9.14. The molecular formula is C25H23ClN2O2. The van der Waals surface area contributed by atoms with Crippen LogP contribution >= 0.6 is 11.6 Å².